The number of aromatic nitrogens is 4. The van der Waals surface area contributed by atoms with E-state index in [0.29, 0.717) is 42.2 Å². The van der Waals surface area contributed by atoms with Gasteiger partial charge < -0.3 is 41.5 Å². The number of imidazole rings is 2. The zero-order valence-corrected chi connectivity index (χ0v) is 37.8. The highest BCUT2D eigenvalue weighted by atomic mass is 35.5. The van der Waals surface area contributed by atoms with E-state index in [-0.39, 0.29) is 31.4 Å². The Kier molecular flexibility index (Phi) is 12.7. The first-order chi connectivity index (χ1) is 26.4. The average molecular weight is 927 g/mol. The van der Waals surface area contributed by atoms with E-state index in [1.54, 1.807) is 41.5 Å². The quantitative estimate of drug-likeness (QED) is 0.0757. The highest BCUT2D eigenvalue weighted by Gasteiger charge is 2.57. The molecule has 0 spiro atoms. The molecule has 4 aromatic rings. The van der Waals surface area contributed by atoms with Crippen LogP contribution in [0.25, 0.3) is 26.9 Å². The highest BCUT2D eigenvalue weighted by Crippen LogP contribution is 2.56. The van der Waals surface area contributed by atoms with Gasteiger partial charge in [0.05, 0.1) is 61.4 Å². The summed E-state index contributed by atoms with van der Waals surface area (Å²) in [4.78, 5) is 12.5. The minimum atomic E-state index is -3.65. The zero-order valence-electron chi connectivity index (χ0n) is 31.1. The van der Waals surface area contributed by atoms with Gasteiger partial charge in [-0.05, 0) is 54.2 Å². The number of rotatable bonds is 7. The monoisotopic (exact) mass is 924 g/mol. The van der Waals surface area contributed by atoms with E-state index < -0.39 is 72.2 Å². The van der Waals surface area contributed by atoms with E-state index in [1.165, 1.54) is 0 Å². The molecule has 2 aromatic heterocycles. The molecule has 3 saturated heterocycles. The molecule has 5 heterocycles. The van der Waals surface area contributed by atoms with E-state index in [0.717, 1.165) is 0 Å². The molecular weight excluding hydrogens is 886 g/mol. The Bertz CT molecular complexity index is 2240. The minimum Gasteiger partial charge on any atom is -0.406 e. The number of benzene rings is 2. The molecule has 22 heteroatoms. The van der Waals surface area contributed by atoms with E-state index in [4.69, 9.17) is 101 Å². The van der Waals surface area contributed by atoms with Crippen LogP contribution in [0.5, 0.6) is 0 Å². The van der Waals surface area contributed by atoms with Gasteiger partial charge in [-0.2, -0.15) is 0 Å². The summed E-state index contributed by atoms with van der Waals surface area (Å²) < 4.78 is 69.2. The Hall–Kier alpha value is -1.32. The van der Waals surface area contributed by atoms with Crippen molar-refractivity contribution in [2.24, 2.45) is 5.92 Å². The number of halogens is 4. The fraction of sp³-hybridized carbons (Fsp3) is 0.559. The largest absolute Gasteiger partial charge is 0.697 e. The molecule has 0 radical (unpaired) electrons. The molecule has 2 aromatic carbocycles. The first-order valence-corrected chi connectivity index (χ1v) is 25.8. The molecule has 0 aliphatic carbocycles. The molecule has 14 nitrogen and oxygen atoms in total. The van der Waals surface area contributed by atoms with E-state index in [9.17, 15) is 4.57 Å². The maximum Gasteiger partial charge on any atom is 0.697 e. The molecule has 302 valence electrons. The summed E-state index contributed by atoms with van der Waals surface area (Å²) in [7, 11) is -5.35. The molecular formula is C34H40Cl4N5O9P2SSi+. The van der Waals surface area contributed by atoms with Crippen LogP contribution in [-0.2, 0) is 52.9 Å². The maximum absolute atomic E-state index is 13.9. The minimum absolute atomic E-state index is 0.0261. The van der Waals surface area contributed by atoms with E-state index >= 15 is 0 Å². The fourth-order valence-corrected chi connectivity index (χ4v) is 11.5. The van der Waals surface area contributed by atoms with Crippen LogP contribution in [-0.4, -0.2) is 84.3 Å². The second-order valence-corrected chi connectivity index (χ2v) is 25.5. The van der Waals surface area contributed by atoms with Gasteiger partial charge in [0.2, 0.25) is 6.54 Å². The van der Waals surface area contributed by atoms with Gasteiger partial charge in [-0.25, -0.2) is 16.5 Å². The second-order valence-electron chi connectivity index (χ2n) is 15.3. The molecule has 0 bridgehead atoms. The van der Waals surface area contributed by atoms with E-state index in [2.05, 4.69) is 48.7 Å². The maximum atomic E-state index is 13.9. The number of hydrogen-bond donors (Lipinski definition) is 0. The van der Waals surface area contributed by atoms with Gasteiger partial charge in [-0.15, -0.1) is 9.05 Å². The molecule has 0 N–H and O–H groups in total. The van der Waals surface area contributed by atoms with Gasteiger partial charge in [0.1, 0.15) is 43.9 Å². The van der Waals surface area contributed by atoms with Gasteiger partial charge >= 0.3 is 15.0 Å². The SMILES string of the molecule is [C-]#[N+]CCOP1(=S)OC[C@H]2O[C@@H](n3cnc4cc(Cl)c(Cl)cc43)[C@@H](O[Si](C)(C)C(C)(C)C)C2O[P+](=O)OC[C@H]2O[C@@H](n3cnc4cc(Cl)c(Cl)cc43)[C@@H](C)C2O1. The van der Waals surface area contributed by atoms with Crippen molar-refractivity contribution in [3.05, 3.63) is 68.4 Å². The Morgan fingerprint density at radius 1 is 0.946 bits per heavy atom. The Labute approximate surface area is 351 Å². The lowest BCUT2D eigenvalue weighted by Crippen LogP contribution is -2.49. The second kappa shape index (κ2) is 16.6. The van der Waals surface area contributed by atoms with Crippen molar-refractivity contribution in [1.29, 1.82) is 0 Å². The normalized spacial score (nSPS) is 31.2. The van der Waals surface area contributed by atoms with Crippen molar-refractivity contribution < 1.29 is 41.1 Å². The molecule has 10 atom stereocenters. The predicted molar refractivity (Wildman–Crippen MR) is 220 cm³/mol. The van der Waals surface area contributed by atoms with Crippen molar-refractivity contribution in [1.82, 2.24) is 19.1 Å². The van der Waals surface area contributed by atoms with Crippen LogP contribution in [0.3, 0.4) is 0 Å². The highest BCUT2D eigenvalue weighted by molar-refractivity contribution is 8.07. The molecule has 3 aliphatic rings. The van der Waals surface area contributed by atoms with Crippen LogP contribution in [0.4, 0.5) is 0 Å². The Morgan fingerprint density at radius 3 is 2.09 bits per heavy atom. The van der Waals surface area contributed by atoms with Crippen LogP contribution in [0.15, 0.2) is 36.9 Å². The first-order valence-electron chi connectivity index (χ1n) is 17.7. The van der Waals surface area contributed by atoms with Crippen molar-refractivity contribution in [3.8, 4) is 0 Å². The molecule has 3 fully saturated rings. The van der Waals surface area contributed by atoms with Crippen LogP contribution < -0.4 is 0 Å². The van der Waals surface area contributed by atoms with Gasteiger partial charge in [-0.1, -0.05) is 74.1 Å². The van der Waals surface area contributed by atoms with Crippen molar-refractivity contribution in [3.63, 3.8) is 0 Å². The van der Waals surface area contributed by atoms with Crippen LogP contribution in [0.1, 0.15) is 40.2 Å². The molecule has 3 aliphatic heterocycles. The van der Waals surface area contributed by atoms with Crippen LogP contribution in [0, 0.1) is 12.5 Å². The third-order valence-electron chi connectivity index (χ3n) is 10.6. The molecule has 56 heavy (non-hydrogen) atoms. The summed E-state index contributed by atoms with van der Waals surface area (Å²) in [5.41, 5.74) is 2.50. The lowest BCUT2D eigenvalue weighted by Gasteiger charge is -2.40. The van der Waals surface area contributed by atoms with Crippen molar-refractivity contribution in [2.75, 3.05) is 26.4 Å². The number of ether oxygens (including phenoxy) is 2. The third kappa shape index (κ3) is 8.50. The lowest BCUT2D eigenvalue weighted by atomic mass is 10.0. The summed E-state index contributed by atoms with van der Waals surface area (Å²) in [6.07, 6.45) is -2.60. The topological polar surface area (TPSA) is 131 Å². The van der Waals surface area contributed by atoms with Crippen molar-refractivity contribution in [2.45, 2.75) is 88.8 Å². The summed E-state index contributed by atoms with van der Waals surface area (Å²) in [6, 6.07) is 6.75. The predicted octanol–water partition coefficient (Wildman–Crippen LogP) is 10.2. The Balaban J connectivity index is 1.24. The van der Waals surface area contributed by atoms with Crippen molar-refractivity contribution >= 4 is 104 Å². The lowest BCUT2D eigenvalue weighted by molar-refractivity contribution is -0.0579. The number of nitrogens with zero attached hydrogens (tertiary/aromatic N) is 5. The fourth-order valence-electron chi connectivity index (χ4n) is 6.66. The molecule has 0 saturated carbocycles. The van der Waals surface area contributed by atoms with Crippen LogP contribution in [0.2, 0.25) is 38.2 Å². The summed E-state index contributed by atoms with van der Waals surface area (Å²) in [5.74, 6) is -0.398. The van der Waals surface area contributed by atoms with E-state index in [1.807, 2.05) is 11.5 Å². The average Bonchev–Trinajstić information content (AvgIpc) is 3.87. The summed E-state index contributed by atoms with van der Waals surface area (Å²) in [5, 5.41) is 1.17. The summed E-state index contributed by atoms with van der Waals surface area (Å²) >= 11 is 31.5. The smallest absolute Gasteiger partial charge is 0.406 e. The Morgan fingerprint density at radius 2 is 1.50 bits per heavy atom. The standard InChI is InChI=1S/C34H40Cl4N5O9P2SSi/c1-18-29-27(48-32(18)42-16-40-23-10-19(35)21(37)12-25(23)42)14-45-53(44)50-30-28(15-47-54(55,51-29)46-9-8-39-5)49-33(31(30)52-56(6,7)34(2,3)4)43-17-41-24-11-20(36)22(38)13-26(24)43/h10-13,16-18,27-33H,8-9,14-15H2,1-4,6-7H3/q+1/t18-,27+,28+,29?,30?,31-,32+,33+,54?/m0/s1. The van der Waals surface area contributed by atoms with Crippen LogP contribution >= 0.6 is 61.4 Å². The molecule has 4 unspecified atom stereocenters. The van der Waals surface area contributed by atoms with Gasteiger partial charge in [0.15, 0.2) is 20.6 Å². The first kappa shape index (κ1) is 42.8. The number of hydrogen-bond acceptors (Lipinski definition) is 12. The van der Waals surface area contributed by atoms with Gasteiger partial charge in [0, 0.05) is 10.5 Å². The van der Waals surface area contributed by atoms with Gasteiger partial charge in [-0.3, -0.25) is 0 Å². The summed E-state index contributed by atoms with van der Waals surface area (Å²) in [6.45, 7) is 15.7. The molecule has 0 amide bonds. The third-order valence-corrected chi connectivity index (χ3v) is 19.7. The number of fused-ring (bicyclic) bond motifs is 4. The van der Waals surface area contributed by atoms with Gasteiger partial charge in [0.25, 0.3) is 0 Å². The zero-order chi connectivity index (χ0) is 40.3. The molecule has 7 rings (SSSR count).